The number of aromatic amines is 1. The topological polar surface area (TPSA) is 111 Å². The van der Waals surface area contributed by atoms with Gasteiger partial charge in [-0.3, -0.25) is 9.48 Å². The Kier molecular flexibility index (Phi) is 6.62. The van der Waals surface area contributed by atoms with Crippen molar-refractivity contribution in [1.29, 1.82) is 0 Å². The molecule has 0 bridgehead atoms. The molecule has 0 aliphatic heterocycles. The standard InChI is InChI=1S/C31H32N6O2/c1-19-12-23-13-22(10-11-27(23)35-19)21-8-6-20(7-9-21)18-39-29-5-3-4-28(29)36-31(38)26-14-24(15-33-30(26)32)25-16-34-37(2)17-25/h6-17,28-29,35H,3-5,18H2,1-2H3,(H2,32,33)(H,36,38)/t28-,29-/m0/s1. The monoisotopic (exact) mass is 520 g/mol. The summed E-state index contributed by atoms with van der Waals surface area (Å²) in [6.07, 6.45) is 8.00. The van der Waals surface area contributed by atoms with Crippen molar-refractivity contribution >= 4 is 22.6 Å². The number of carbonyl (C=O) groups excluding carboxylic acids is 1. The van der Waals surface area contributed by atoms with E-state index in [1.165, 1.54) is 16.5 Å². The van der Waals surface area contributed by atoms with E-state index in [-0.39, 0.29) is 23.9 Å². The number of ether oxygens (including phenoxy) is 1. The van der Waals surface area contributed by atoms with Gasteiger partial charge in [0.25, 0.3) is 5.91 Å². The molecule has 3 heterocycles. The molecule has 2 atom stereocenters. The number of pyridine rings is 1. The zero-order valence-electron chi connectivity index (χ0n) is 22.1. The second-order valence-corrected chi connectivity index (χ2v) is 10.4. The van der Waals surface area contributed by atoms with E-state index >= 15 is 0 Å². The van der Waals surface area contributed by atoms with Gasteiger partial charge in [-0.1, -0.05) is 30.3 Å². The number of fused-ring (bicyclic) bond motifs is 1. The lowest BCUT2D eigenvalue weighted by atomic mass is 10.0. The maximum Gasteiger partial charge on any atom is 0.255 e. The van der Waals surface area contributed by atoms with Crippen molar-refractivity contribution in [3.8, 4) is 22.3 Å². The molecule has 5 aromatic rings. The van der Waals surface area contributed by atoms with Crippen LogP contribution in [0.2, 0.25) is 0 Å². The third-order valence-electron chi connectivity index (χ3n) is 7.48. The van der Waals surface area contributed by atoms with Crippen LogP contribution < -0.4 is 11.1 Å². The summed E-state index contributed by atoms with van der Waals surface area (Å²) in [6, 6.07) is 18.8. The van der Waals surface area contributed by atoms with Crippen LogP contribution in [0.4, 0.5) is 5.82 Å². The molecule has 0 spiro atoms. The van der Waals surface area contributed by atoms with Crippen molar-refractivity contribution in [3.63, 3.8) is 0 Å². The molecule has 1 saturated carbocycles. The molecule has 0 saturated heterocycles. The molecule has 3 aromatic heterocycles. The van der Waals surface area contributed by atoms with Crippen LogP contribution in [-0.2, 0) is 18.4 Å². The highest BCUT2D eigenvalue weighted by atomic mass is 16.5. The average Bonchev–Trinajstić information content (AvgIpc) is 3.66. The van der Waals surface area contributed by atoms with E-state index < -0.39 is 0 Å². The molecule has 8 heteroatoms. The largest absolute Gasteiger partial charge is 0.383 e. The normalized spacial score (nSPS) is 17.1. The van der Waals surface area contributed by atoms with Crippen LogP contribution in [0.15, 0.2) is 73.2 Å². The molecule has 1 aliphatic carbocycles. The number of rotatable bonds is 7. The summed E-state index contributed by atoms with van der Waals surface area (Å²) in [5, 5.41) is 8.56. The Morgan fingerprint density at radius 3 is 2.67 bits per heavy atom. The smallest absolute Gasteiger partial charge is 0.255 e. The number of anilines is 1. The minimum atomic E-state index is -0.231. The summed E-state index contributed by atoms with van der Waals surface area (Å²) in [6.45, 7) is 2.57. The van der Waals surface area contributed by atoms with E-state index in [2.05, 4.69) is 75.8 Å². The highest BCUT2D eigenvalue weighted by Gasteiger charge is 2.30. The molecule has 2 aromatic carbocycles. The summed E-state index contributed by atoms with van der Waals surface area (Å²) < 4.78 is 8.00. The lowest BCUT2D eigenvalue weighted by molar-refractivity contribution is 0.0272. The number of nitrogens with two attached hydrogens (primary N) is 1. The van der Waals surface area contributed by atoms with Gasteiger partial charge in [-0.15, -0.1) is 0 Å². The summed E-state index contributed by atoms with van der Waals surface area (Å²) in [5.74, 6) is -0.0216. The van der Waals surface area contributed by atoms with Crippen molar-refractivity contribution in [2.24, 2.45) is 7.05 Å². The molecule has 1 amide bonds. The van der Waals surface area contributed by atoms with Gasteiger partial charge < -0.3 is 20.8 Å². The summed E-state index contributed by atoms with van der Waals surface area (Å²) in [4.78, 5) is 20.8. The molecule has 4 N–H and O–H groups in total. The number of aromatic nitrogens is 4. The summed E-state index contributed by atoms with van der Waals surface area (Å²) in [5.41, 5.74) is 13.9. The fraction of sp³-hybridized carbons (Fsp3) is 0.258. The van der Waals surface area contributed by atoms with Gasteiger partial charge in [-0.25, -0.2) is 4.98 Å². The molecular weight excluding hydrogens is 488 g/mol. The van der Waals surface area contributed by atoms with Crippen LogP contribution in [-0.4, -0.2) is 37.8 Å². The van der Waals surface area contributed by atoms with Crippen molar-refractivity contribution in [1.82, 2.24) is 25.1 Å². The second-order valence-electron chi connectivity index (χ2n) is 10.4. The number of nitrogen functional groups attached to an aromatic ring is 1. The Bertz CT molecular complexity index is 1630. The molecule has 0 radical (unpaired) electrons. The number of nitrogens with zero attached hydrogens (tertiary/aromatic N) is 3. The number of amides is 1. The van der Waals surface area contributed by atoms with Gasteiger partial charge in [0.1, 0.15) is 5.82 Å². The van der Waals surface area contributed by atoms with E-state index in [1.54, 1.807) is 23.1 Å². The van der Waals surface area contributed by atoms with Gasteiger partial charge >= 0.3 is 0 Å². The molecule has 6 rings (SSSR count). The average molecular weight is 521 g/mol. The van der Waals surface area contributed by atoms with Crippen LogP contribution in [0.5, 0.6) is 0 Å². The number of hydrogen-bond acceptors (Lipinski definition) is 5. The molecular formula is C31H32N6O2. The SMILES string of the molecule is Cc1cc2cc(-c3ccc(CO[C@H]4CCC[C@@H]4NC(=O)c4cc(-c5cnn(C)c5)cnc4N)cc3)ccc2[nH]1. The maximum absolute atomic E-state index is 13.2. The molecule has 8 nitrogen and oxygen atoms in total. The second kappa shape index (κ2) is 10.4. The first-order valence-corrected chi connectivity index (χ1v) is 13.3. The molecule has 1 fully saturated rings. The summed E-state index contributed by atoms with van der Waals surface area (Å²) >= 11 is 0. The lowest BCUT2D eigenvalue weighted by Crippen LogP contribution is -2.41. The Hall–Kier alpha value is -4.43. The fourth-order valence-electron chi connectivity index (χ4n) is 5.38. The van der Waals surface area contributed by atoms with Crippen LogP contribution in [0.1, 0.15) is 40.9 Å². The third-order valence-corrected chi connectivity index (χ3v) is 7.48. The van der Waals surface area contributed by atoms with Gasteiger partial charge in [0.15, 0.2) is 0 Å². The number of aryl methyl sites for hydroxylation is 2. The number of nitrogens with one attached hydrogen (secondary N) is 2. The zero-order valence-corrected chi connectivity index (χ0v) is 22.1. The summed E-state index contributed by atoms with van der Waals surface area (Å²) in [7, 11) is 1.85. The van der Waals surface area contributed by atoms with Crippen molar-refractivity contribution < 1.29 is 9.53 Å². The predicted molar refractivity (Wildman–Crippen MR) is 153 cm³/mol. The van der Waals surface area contributed by atoms with E-state index in [9.17, 15) is 4.79 Å². The van der Waals surface area contributed by atoms with Gasteiger partial charge in [0.05, 0.1) is 30.5 Å². The number of hydrogen-bond donors (Lipinski definition) is 3. The van der Waals surface area contributed by atoms with Crippen LogP contribution in [0.25, 0.3) is 33.2 Å². The van der Waals surface area contributed by atoms with Crippen molar-refractivity contribution in [2.75, 3.05) is 5.73 Å². The van der Waals surface area contributed by atoms with Crippen LogP contribution in [0.3, 0.4) is 0 Å². The van der Waals surface area contributed by atoms with Gasteiger partial charge in [-0.2, -0.15) is 5.10 Å². The number of carbonyl (C=O) groups is 1. The number of H-pyrrole nitrogens is 1. The van der Waals surface area contributed by atoms with Crippen LogP contribution in [0, 0.1) is 6.92 Å². The minimum absolute atomic E-state index is 0.0523. The Morgan fingerprint density at radius 1 is 1.05 bits per heavy atom. The maximum atomic E-state index is 13.2. The van der Waals surface area contributed by atoms with Crippen molar-refractivity contribution in [3.05, 3.63) is 90.0 Å². The predicted octanol–water partition coefficient (Wildman–Crippen LogP) is 5.39. The molecule has 0 unspecified atom stereocenters. The van der Waals surface area contributed by atoms with Gasteiger partial charge in [-0.05, 0) is 67.1 Å². The molecule has 39 heavy (non-hydrogen) atoms. The first kappa shape index (κ1) is 24.9. The first-order chi connectivity index (χ1) is 18.9. The third kappa shape index (κ3) is 5.28. The highest BCUT2D eigenvalue weighted by Crippen LogP contribution is 2.28. The Morgan fingerprint density at radius 2 is 1.87 bits per heavy atom. The van der Waals surface area contributed by atoms with E-state index in [0.717, 1.165) is 47.2 Å². The van der Waals surface area contributed by atoms with E-state index in [1.807, 2.05) is 13.2 Å². The first-order valence-electron chi connectivity index (χ1n) is 13.3. The van der Waals surface area contributed by atoms with Gasteiger partial charge in [0.2, 0.25) is 0 Å². The van der Waals surface area contributed by atoms with Crippen LogP contribution >= 0.6 is 0 Å². The van der Waals surface area contributed by atoms with Gasteiger partial charge in [0, 0.05) is 47.2 Å². The highest BCUT2D eigenvalue weighted by molar-refractivity contribution is 5.99. The number of benzene rings is 2. The molecule has 198 valence electrons. The van der Waals surface area contributed by atoms with E-state index in [0.29, 0.717) is 12.2 Å². The van der Waals surface area contributed by atoms with Crippen molar-refractivity contribution in [2.45, 2.75) is 44.9 Å². The Balaban J connectivity index is 1.09. The van der Waals surface area contributed by atoms with E-state index in [4.69, 9.17) is 10.5 Å². The zero-order chi connectivity index (χ0) is 26.9. The molecule has 1 aliphatic rings. The Labute approximate surface area is 227 Å². The minimum Gasteiger partial charge on any atom is -0.383 e. The quantitative estimate of drug-likeness (QED) is 0.267. The fourth-order valence-corrected chi connectivity index (χ4v) is 5.38. The lowest BCUT2D eigenvalue weighted by Gasteiger charge is -2.22.